The minimum absolute atomic E-state index is 0.0641. The molecular weight excluding hydrogens is 435 g/mol. The number of rotatable bonds is 4. The van der Waals surface area contributed by atoms with E-state index in [-0.39, 0.29) is 26.9 Å². The largest absolute Gasteiger partial charge is 0.278 e. The molecule has 0 unspecified atom stereocenters. The number of fused-ring (bicyclic) bond motifs is 1. The van der Waals surface area contributed by atoms with Crippen LogP contribution in [-0.4, -0.2) is 19.5 Å². The van der Waals surface area contributed by atoms with Crippen molar-refractivity contribution in [1.82, 2.24) is 19.5 Å². The van der Waals surface area contributed by atoms with Crippen LogP contribution in [-0.2, 0) is 5.75 Å². The molecule has 29 heavy (non-hydrogen) atoms. The van der Waals surface area contributed by atoms with Gasteiger partial charge in [-0.1, -0.05) is 11.8 Å². The maximum Gasteiger partial charge on any atom is 0.278 e. The first-order valence-electron chi connectivity index (χ1n) is 7.79. The first kappa shape index (κ1) is 19.5. The van der Waals surface area contributed by atoms with Crippen molar-refractivity contribution < 1.29 is 22.0 Å². The smallest absolute Gasteiger partial charge is 0.267 e. The molecule has 12 heteroatoms. The molecule has 5 nitrogen and oxygen atoms in total. The molecule has 0 radical (unpaired) electrons. The van der Waals surface area contributed by atoms with Gasteiger partial charge in [0.05, 0.1) is 11.7 Å². The molecule has 0 saturated heterocycles. The lowest BCUT2D eigenvalue weighted by Crippen LogP contribution is -2.22. The molecule has 0 aliphatic carbocycles. The summed E-state index contributed by atoms with van der Waals surface area (Å²) in [6.45, 7) is 0. The number of hydrogen-bond acceptors (Lipinski definition) is 6. The van der Waals surface area contributed by atoms with E-state index in [4.69, 9.17) is 0 Å². The summed E-state index contributed by atoms with van der Waals surface area (Å²) >= 11 is 1.67. The summed E-state index contributed by atoms with van der Waals surface area (Å²) in [4.78, 5) is 24.2. The zero-order valence-electron chi connectivity index (χ0n) is 14.0. The fraction of sp³-hybridized carbons (Fsp3) is 0.0588. The van der Waals surface area contributed by atoms with Crippen LogP contribution in [0.1, 0.15) is 5.56 Å². The molecular formula is C17H7F5N4OS2. The molecule has 0 fully saturated rings. The minimum Gasteiger partial charge on any atom is -0.267 e. The van der Waals surface area contributed by atoms with E-state index in [9.17, 15) is 26.7 Å². The summed E-state index contributed by atoms with van der Waals surface area (Å²) in [6, 6.07) is 1.53. The lowest BCUT2D eigenvalue weighted by Gasteiger charge is -2.12. The van der Waals surface area contributed by atoms with Crippen LogP contribution in [0.15, 0.2) is 39.9 Å². The van der Waals surface area contributed by atoms with Crippen LogP contribution in [0.2, 0.25) is 0 Å². The van der Waals surface area contributed by atoms with Crippen molar-refractivity contribution in [2.24, 2.45) is 0 Å². The average molecular weight is 442 g/mol. The molecule has 4 aromatic rings. The Morgan fingerprint density at radius 3 is 2.41 bits per heavy atom. The van der Waals surface area contributed by atoms with Crippen molar-refractivity contribution in [3.63, 3.8) is 0 Å². The summed E-state index contributed by atoms with van der Waals surface area (Å²) in [5.41, 5.74) is -0.118. The minimum atomic E-state index is -1.12. The predicted octanol–water partition coefficient (Wildman–Crippen LogP) is 4.23. The standard InChI is InChI=1S/C17H7F5N4OS2/c18-7-1-9(19)8(10(20)2-7)5-28-17-25-15-14(29-6-24-15)16(27)26(17)12-4-23-13(22)3-11(12)21/h1-4,6H,5H2. The highest BCUT2D eigenvalue weighted by atomic mass is 32.2. The number of halogens is 5. The Morgan fingerprint density at radius 1 is 1.00 bits per heavy atom. The van der Waals surface area contributed by atoms with E-state index in [0.29, 0.717) is 30.0 Å². The Morgan fingerprint density at radius 2 is 1.72 bits per heavy atom. The monoisotopic (exact) mass is 442 g/mol. The highest BCUT2D eigenvalue weighted by Crippen LogP contribution is 2.28. The SMILES string of the molecule is O=c1c2scnc2nc(SCc2c(F)cc(F)cc2F)n1-c1cnc(F)cc1F. The van der Waals surface area contributed by atoms with Gasteiger partial charge in [0.25, 0.3) is 5.56 Å². The summed E-state index contributed by atoms with van der Waals surface area (Å²) in [5, 5.41) is -0.149. The molecule has 148 valence electrons. The zero-order valence-corrected chi connectivity index (χ0v) is 15.6. The molecule has 3 aromatic heterocycles. The van der Waals surface area contributed by atoms with Gasteiger partial charge in [0.2, 0.25) is 5.95 Å². The highest BCUT2D eigenvalue weighted by molar-refractivity contribution is 7.98. The number of hydrogen-bond donors (Lipinski definition) is 0. The van der Waals surface area contributed by atoms with Crippen molar-refractivity contribution in [2.75, 3.05) is 0 Å². The molecule has 0 amide bonds. The van der Waals surface area contributed by atoms with Crippen LogP contribution in [0.25, 0.3) is 16.0 Å². The number of nitrogens with zero attached hydrogens (tertiary/aromatic N) is 4. The molecule has 0 bridgehead atoms. The fourth-order valence-corrected chi connectivity index (χ4v) is 4.18. The van der Waals surface area contributed by atoms with Crippen LogP contribution < -0.4 is 5.56 Å². The van der Waals surface area contributed by atoms with E-state index in [1.165, 1.54) is 5.51 Å². The molecule has 0 spiro atoms. The Hall–Kier alpha value is -2.86. The van der Waals surface area contributed by atoms with E-state index in [1.807, 2.05) is 0 Å². The predicted molar refractivity (Wildman–Crippen MR) is 96.6 cm³/mol. The lowest BCUT2D eigenvalue weighted by molar-refractivity contribution is 0.531. The van der Waals surface area contributed by atoms with Crippen molar-refractivity contribution in [3.8, 4) is 5.69 Å². The van der Waals surface area contributed by atoms with Crippen molar-refractivity contribution in [3.05, 3.63) is 75.0 Å². The van der Waals surface area contributed by atoms with Crippen LogP contribution in [0.3, 0.4) is 0 Å². The quantitative estimate of drug-likeness (QED) is 0.205. The summed E-state index contributed by atoms with van der Waals surface area (Å²) in [6.07, 6.45) is 0.809. The summed E-state index contributed by atoms with van der Waals surface area (Å²) < 4.78 is 69.4. The maximum atomic E-state index is 14.3. The van der Waals surface area contributed by atoms with Gasteiger partial charge in [0.15, 0.2) is 16.6 Å². The normalized spacial score (nSPS) is 11.3. The van der Waals surface area contributed by atoms with E-state index in [0.717, 1.165) is 22.1 Å². The van der Waals surface area contributed by atoms with Gasteiger partial charge in [0.1, 0.15) is 27.8 Å². The number of thiazole rings is 1. The number of thioether (sulfide) groups is 1. The number of aromatic nitrogens is 4. The van der Waals surface area contributed by atoms with Crippen LogP contribution in [0.5, 0.6) is 0 Å². The van der Waals surface area contributed by atoms with Gasteiger partial charge < -0.3 is 0 Å². The molecule has 4 rings (SSSR count). The van der Waals surface area contributed by atoms with Crippen LogP contribution >= 0.6 is 23.1 Å². The second kappa shape index (κ2) is 7.52. The van der Waals surface area contributed by atoms with Gasteiger partial charge in [-0.05, 0) is 0 Å². The topological polar surface area (TPSA) is 60.7 Å². The van der Waals surface area contributed by atoms with Crippen molar-refractivity contribution in [1.29, 1.82) is 0 Å². The van der Waals surface area contributed by atoms with Crippen LogP contribution in [0.4, 0.5) is 22.0 Å². The Kier molecular flexibility index (Phi) is 5.04. The van der Waals surface area contributed by atoms with Crippen molar-refractivity contribution >= 4 is 33.4 Å². The third kappa shape index (κ3) is 3.60. The van der Waals surface area contributed by atoms with Gasteiger partial charge >= 0.3 is 0 Å². The molecule has 3 heterocycles. The molecule has 1 aromatic carbocycles. The van der Waals surface area contributed by atoms with E-state index >= 15 is 0 Å². The van der Waals surface area contributed by atoms with Gasteiger partial charge in [-0.2, -0.15) is 4.39 Å². The Balaban J connectivity index is 1.85. The Labute approximate surface area is 166 Å². The summed E-state index contributed by atoms with van der Waals surface area (Å²) in [7, 11) is 0. The summed E-state index contributed by atoms with van der Waals surface area (Å²) in [5.74, 6) is -5.85. The second-order valence-electron chi connectivity index (χ2n) is 5.64. The molecule has 0 aliphatic rings. The molecule has 0 N–H and O–H groups in total. The van der Waals surface area contributed by atoms with Crippen LogP contribution in [0, 0.1) is 29.2 Å². The van der Waals surface area contributed by atoms with Crippen molar-refractivity contribution in [2.45, 2.75) is 10.9 Å². The first-order chi connectivity index (χ1) is 13.8. The lowest BCUT2D eigenvalue weighted by atomic mass is 10.2. The maximum absolute atomic E-state index is 14.3. The van der Waals surface area contributed by atoms with Gasteiger partial charge in [-0.3, -0.25) is 4.79 Å². The fourth-order valence-electron chi connectivity index (χ4n) is 2.52. The third-order valence-corrected chi connectivity index (χ3v) is 5.60. The second-order valence-corrected chi connectivity index (χ2v) is 7.43. The third-order valence-electron chi connectivity index (χ3n) is 3.83. The van der Waals surface area contributed by atoms with E-state index in [1.54, 1.807) is 0 Å². The Bertz CT molecular complexity index is 1280. The number of pyridine rings is 1. The first-order valence-corrected chi connectivity index (χ1v) is 9.65. The highest BCUT2D eigenvalue weighted by Gasteiger charge is 2.20. The average Bonchev–Trinajstić information content (AvgIpc) is 3.11. The molecule has 0 saturated carbocycles. The molecule has 0 atom stereocenters. The van der Waals surface area contributed by atoms with E-state index < -0.39 is 40.3 Å². The van der Waals surface area contributed by atoms with E-state index in [2.05, 4.69) is 15.0 Å². The zero-order chi connectivity index (χ0) is 20.7. The van der Waals surface area contributed by atoms with Gasteiger partial charge in [-0.15, -0.1) is 11.3 Å². The molecule has 0 aliphatic heterocycles. The number of benzene rings is 1. The van der Waals surface area contributed by atoms with Gasteiger partial charge in [-0.25, -0.2) is 37.1 Å². The van der Waals surface area contributed by atoms with Gasteiger partial charge in [0, 0.05) is 29.5 Å².